The molecular formula is C17H22O3. The Bertz CT molecular complexity index is 484. The van der Waals surface area contributed by atoms with Gasteiger partial charge in [0.1, 0.15) is 0 Å². The molecule has 2 aliphatic heterocycles. The SMILES string of the molecule is CC1(C)C[C@H]2[C@H]3O[C@H](c4ccccc4)OC[C@H](O3)[C@H]2C1. The number of hydrogen-bond donors (Lipinski definition) is 0. The molecule has 2 saturated heterocycles. The average molecular weight is 274 g/mol. The van der Waals surface area contributed by atoms with E-state index in [1.165, 1.54) is 12.8 Å². The van der Waals surface area contributed by atoms with Gasteiger partial charge in [-0.1, -0.05) is 44.2 Å². The molecule has 2 heterocycles. The van der Waals surface area contributed by atoms with Crippen molar-refractivity contribution in [2.45, 2.75) is 45.4 Å². The summed E-state index contributed by atoms with van der Waals surface area (Å²) in [5.41, 5.74) is 1.49. The smallest absolute Gasteiger partial charge is 0.186 e. The third-order valence-corrected chi connectivity index (χ3v) is 5.00. The van der Waals surface area contributed by atoms with Crippen LogP contribution in [0.1, 0.15) is 38.5 Å². The standard InChI is InChI=1S/C17H22O3/c1-17(2)8-12-13(9-17)16-19-14(12)10-18-15(20-16)11-6-4-3-5-7-11/h3-7,12-16H,8-10H2,1-2H3/t12-,13+,14-,15+,16+/m0/s1. The number of ether oxygens (including phenoxy) is 3. The first-order chi connectivity index (χ1) is 9.62. The maximum Gasteiger partial charge on any atom is 0.186 e. The van der Waals surface area contributed by atoms with Crippen molar-refractivity contribution in [3.63, 3.8) is 0 Å². The molecule has 20 heavy (non-hydrogen) atoms. The van der Waals surface area contributed by atoms with Gasteiger partial charge in [0.15, 0.2) is 12.6 Å². The lowest BCUT2D eigenvalue weighted by Gasteiger charge is -2.25. The minimum Gasteiger partial charge on any atom is -0.346 e. The average Bonchev–Trinajstić information content (AvgIpc) is 2.80. The summed E-state index contributed by atoms with van der Waals surface area (Å²) in [7, 11) is 0. The second kappa shape index (κ2) is 4.55. The molecular weight excluding hydrogens is 252 g/mol. The van der Waals surface area contributed by atoms with E-state index < -0.39 is 0 Å². The van der Waals surface area contributed by atoms with Crippen LogP contribution in [0.15, 0.2) is 30.3 Å². The first kappa shape index (κ1) is 12.8. The van der Waals surface area contributed by atoms with Crippen molar-refractivity contribution < 1.29 is 14.2 Å². The van der Waals surface area contributed by atoms with Gasteiger partial charge in [-0.2, -0.15) is 0 Å². The number of fused-ring (bicyclic) bond motifs is 5. The lowest BCUT2D eigenvalue weighted by molar-refractivity contribution is -0.218. The Hall–Kier alpha value is -0.900. The molecule has 0 amide bonds. The fraction of sp³-hybridized carbons (Fsp3) is 0.647. The molecule has 0 aromatic heterocycles. The van der Waals surface area contributed by atoms with Crippen LogP contribution in [0.25, 0.3) is 0 Å². The summed E-state index contributed by atoms with van der Waals surface area (Å²) in [5, 5.41) is 0. The Labute approximate surface area is 120 Å². The van der Waals surface area contributed by atoms with E-state index in [1.54, 1.807) is 0 Å². The minimum absolute atomic E-state index is 0.0977. The molecule has 0 N–H and O–H groups in total. The van der Waals surface area contributed by atoms with Gasteiger partial charge in [0.05, 0.1) is 12.7 Å². The third-order valence-electron chi connectivity index (χ3n) is 5.00. The Morgan fingerprint density at radius 1 is 1.00 bits per heavy atom. The van der Waals surface area contributed by atoms with Gasteiger partial charge >= 0.3 is 0 Å². The van der Waals surface area contributed by atoms with Crippen LogP contribution in [0.4, 0.5) is 0 Å². The summed E-state index contributed by atoms with van der Waals surface area (Å²) in [6, 6.07) is 10.2. The summed E-state index contributed by atoms with van der Waals surface area (Å²) < 4.78 is 18.2. The van der Waals surface area contributed by atoms with Crippen LogP contribution >= 0.6 is 0 Å². The van der Waals surface area contributed by atoms with E-state index in [1.807, 2.05) is 18.2 Å². The maximum atomic E-state index is 6.15. The van der Waals surface area contributed by atoms with Gasteiger partial charge in [-0.05, 0) is 24.2 Å². The minimum atomic E-state index is -0.282. The Morgan fingerprint density at radius 3 is 2.55 bits per heavy atom. The molecule has 4 rings (SSSR count). The van der Waals surface area contributed by atoms with Crippen molar-refractivity contribution in [2.24, 2.45) is 17.3 Å². The molecule has 3 aliphatic rings. The van der Waals surface area contributed by atoms with Gasteiger partial charge in [0.25, 0.3) is 0 Å². The van der Waals surface area contributed by atoms with Crippen LogP contribution in [0.5, 0.6) is 0 Å². The number of hydrogen-bond acceptors (Lipinski definition) is 3. The van der Waals surface area contributed by atoms with Crippen LogP contribution in [-0.4, -0.2) is 19.0 Å². The number of rotatable bonds is 1. The van der Waals surface area contributed by atoms with Crippen LogP contribution in [-0.2, 0) is 14.2 Å². The third kappa shape index (κ3) is 2.09. The Kier molecular flexibility index (Phi) is 2.92. The fourth-order valence-corrected chi connectivity index (χ4v) is 4.17. The van der Waals surface area contributed by atoms with Gasteiger partial charge in [0, 0.05) is 11.5 Å². The van der Waals surface area contributed by atoms with Gasteiger partial charge in [-0.25, -0.2) is 0 Å². The molecule has 0 radical (unpaired) electrons. The van der Waals surface area contributed by atoms with E-state index in [2.05, 4.69) is 26.0 Å². The largest absolute Gasteiger partial charge is 0.346 e. The maximum absolute atomic E-state index is 6.15. The summed E-state index contributed by atoms with van der Waals surface area (Å²) >= 11 is 0. The lowest BCUT2D eigenvalue weighted by atomic mass is 9.89. The van der Waals surface area contributed by atoms with E-state index in [0.717, 1.165) is 5.56 Å². The monoisotopic (exact) mass is 274 g/mol. The van der Waals surface area contributed by atoms with Crippen LogP contribution in [0.3, 0.4) is 0 Å². The molecule has 1 aromatic rings. The van der Waals surface area contributed by atoms with Crippen LogP contribution in [0, 0.1) is 17.3 Å². The van der Waals surface area contributed by atoms with E-state index in [0.29, 0.717) is 23.9 Å². The highest BCUT2D eigenvalue weighted by molar-refractivity contribution is 5.16. The van der Waals surface area contributed by atoms with E-state index in [4.69, 9.17) is 14.2 Å². The summed E-state index contributed by atoms with van der Waals surface area (Å²) in [4.78, 5) is 0. The molecule has 3 heteroatoms. The molecule has 108 valence electrons. The summed E-state index contributed by atoms with van der Waals surface area (Å²) in [6.45, 7) is 5.35. The lowest BCUT2D eigenvalue weighted by Crippen LogP contribution is -2.27. The van der Waals surface area contributed by atoms with E-state index in [9.17, 15) is 0 Å². The van der Waals surface area contributed by atoms with Crippen molar-refractivity contribution in [1.82, 2.24) is 0 Å². The van der Waals surface area contributed by atoms with E-state index in [-0.39, 0.29) is 18.7 Å². The highest BCUT2D eigenvalue weighted by Crippen LogP contribution is 2.54. The van der Waals surface area contributed by atoms with Crippen molar-refractivity contribution in [2.75, 3.05) is 6.61 Å². The molecule has 3 fully saturated rings. The second-order valence-corrected chi connectivity index (χ2v) is 7.16. The van der Waals surface area contributed by atoms with Crippen molar-refractivity contribution in [1.29, 1.82) is 0 Å². The second-order valence-electron chi connectivity index (χ2n) is 7.16. The Balaban J connectivity index is 1.56. The molecule has 5 atom stereocenters. The van der Waals surface area contributed by atoms with Crippen LogP contribution < -0.4 is 0 Å². The number of benzene rings is 1. The summed E-state index contributed by atoms with van der Waals surface area (Å²) in [6.07, 6.45) is 2.25. The van der Waals surface area contributed by atoms with Gasteiger partial charge in [0.2, 0.25) is 0 Å². The molecule has 1 aliphatic carbocycles. The van der Waals surface area contributed by atoms with Gasteiger partial charge < -0.3 is 14.2 Å². The zero-order valence-corrected chi connectivity index (χ0v) is 12.1. The van der Waals surface area contributed by atoms with Gasteiger partial charge in [-0.15, -0.1) is 0 Å². The fourth-order valence-electron chi connectivity index (χ4n) is 4.17. The first-order valence-electron chi connectivity index (χ1n) is 7.60. The molecule has 2 bridgehead atoms. The first-order valence-corrected chi connectivity index (χ1v) is 7.60. The summed E-state index contributed by atoms with van der Waals surface area (Å²) in [5.74, 6) is 1.14. The topological polar surface area (TPSA) is 27.7 Å². The molecule has 0 spiro atoms. The highest BCUT2D eigenvalue weighted by atomic mass is 16.8. The highest BCUT2D eigenvalue weighted by Gasteiger charge is 2.55. The molecule has 1 aromatic carbocycles. The van der Waals surface area contributed by atoms with Crippen molar-refractivity contribution in [3.05, 3.63) is 35.9 Å². The predicted octanol–water partition coefficient (Wildman–Crippen LogP) is 3.51. The zero-order valence-electron chi connectivity index (χ0n) is 12.1. The normalized spacial score (nSPS) is 42.2. The zero-order chi connectivity index (χ0) is 13.7. The molecule has 3 nitrogen and oxygen atoms in total. The van der Waals surface area contributed by atoms with Crippen molar-refractivity contribution >= 4 is 0 Å². The van der Waals surface area contributed by atoms with Crippen molar-refractivity contribution in [3.8, 4) is 0 Å². The van der Waals surface area contributed by atoms with E-state index >= 15 is 0 Å². The predicted molar refractivity (Wildman–Crippen MR) is 74.9 cm³/mol. The molecule has 1 saturated carbocycles. The quantitative estimate of drug-likeness (QED) is 0.784. The van der Waals surface area contributed by atoms with Crippen LogP contribution in [0.2, 0.25) is 0 Å². The van der Waals surface area contributed by atoms with Gasteiger partial charge in [-0.3, -0.25) is 0 Å². The molecule has 0 unspecified atom stereocenters. The Morgan fingerprint density at radius 2 is 1.75 bits per heavy atom.